The van der Waals surface area contributed by atoms with Crippen LogP contribution in [0.1, 0.15) is 43.5 Å². The first kappa shape index (κ1) is 35.0. The lowest BCUT2D eigenvalue weighted by Crippen LogP contribution is -2.43. The van der Waals surface area contributed by atoms with Crippen LogP contribution in [0.15, 0.2) is 98.3 Å². The third-order valence-corrected chi connectivity index (χ3v) is 10.4. The van der Waals surface area contributed by atoms with Crippen LogP contribution < -0.4 is 33.8 Å². The van der Waals surface area contributed by atoms with E-state index in [0.29, 0.717) is 73.3 Å². The SMILES string of the molecule is CCN(CC)C(=O)C1=C(C)N=c2s/c(=C/c3cc(Br)c(OCc4cccc5ccccc45)c(OC)c3)c(=O)n2[C@H]1c1cc(OC)ccc1OC. The molecule has 2 heterocycles. The number of thiazole rings is 1. The first-order valence-electron chi connectivity index (χ1n) is 16.2. The molecular formula is C39H38BrN3O6S. The minimum absolute atomic E-state index is 0.187. The first-order chi connectivity index (χ1) is 24.2. The van der Waals surface area contributed by atoms with Gasteiger partial charge in [-0.05, 0) is 95.0 Å². The van der Waals surface area contributed by atoms with Gasteiger partial charge in [-0.2, -0.15) is 0 Å². The van der Waals surface area contributed by atoms with Crippen LogP contribution in [0.4, 0.5) is 0 Å². The van der Waals surface area contributed by atoms with Crippen molar-refractivity contribution < 1.29 is 23.7 Å². The minimum atomic E-state index is -0.794. The summed E-state index contributed by atoms with van der Waals surface area (Å²) in [5.74, 6) is 1.98. The van der Waals surface area contributed by atoms with Gasteiger partial charge in [0.1, 0.15) is 24.1 Å². The van der Waals surface area contributed by atoms with E-state index in [1.54, 1.807) is 49.0 Å². The molecule has 1 aliphatic rings. The molecule has 50 heavy (non-hydrogen) atoms. The number of rotatable bonds is 11. The average molecular weight is 757 g/mol. The zero-order valence-electron chi connectivity index (χ0n) is 28.8. The van der Waals surface area contributed by atoms with Crippen molar-refractivity contribution in [1.29, 1.82) is 0 Å². The van der Waals surface area contributed by atoms with E-state index in [1.807, 2.05) is 63.2 Å². The van der Waals surface area contributed by atoms with E-state index in [9.17, 15) is 9.59 Å². The molecular weight excluding hydrogens is 718 g/mol. The van der Waals surface area contributed by atoms with Crippen LogP contribution in [0.5, 0.6) is 23.0 Å². The Balaban J connectivity index is 1.44. The number of likely N-dealkylation sites (N-methyl/N-ethyl adjacent to an activating group) is 1. The normalized spacial score (nSPS) is 14.3. The van der Waals surface area contributed by atoms with E-state index in [1.165, 1.54) is 11.3 Å². The second kappa shape index (κ2) is 14.9. The van der Waals surface area contributed by atoms with Gasteiger partial charge in [0.2, 0.25) is 0 Å². The quantitative estimate of drug-likeness (QED) is 0.151. The number of methoxy groups -OCH3 is 3. The van der Waals surface area contributed by atoms with Crippen LogP contribution in [0.25, 0.3) is 16.8 Å². The highest BCUT2D eigenvalue weighted by Gasteiger charge is 2.36. The van der Waals surface area contributed by atoms with Crippen molar-refractivity contribution in [2.24, 2.45) is 4.99 Å². The van der Waals surface area contributed by atoms with E-state index >= 15 is 0 Å². The Morgan fingerprint density at radius 1 is 0.960 bits per heavy atom. The van der Waals surface area contributed by atoms with Crippen molar-refractivity contribution in [3.63, 3.8) is 0 Å². The maximum Gasteiger partial charge on any atom is 0.271 e. The largest absolute Gasteiger partial charge is 0.497 e. The number of hydrogen-bond acceptors (Lipinski definition) is 8. The van der Waals surface area contributed by atoms with Crippen LogP contribution in [-0.4, -0.2) is 49.8 Å². The molecule has 4 aromatic carbocycles. The molecule has 5 aromatic rings. The van der Waals surface area contributed by atoms with Gasteiger partial charge in [-0.25, -0.2) is 4.99 Å². The molecule has 0 bridgehead atoms. The van der Waals surface area contributed by atoms with E-state index in [-0.39, 0.29) is 11.5 Å². The Labute approximate surface area is 302 Å². The summed E-state index contributed by atoms with van der Waals surface area (Å²) in [4.78, 5) is 35.5. The number of hydrogen-bond donors (Lipinski definition) is 0. The van der Waals surface area contributed by atoms with Gasteiger partial charge in [0.25, 0.3) is 11.5 Å². The van der Waals surface area contributed by atoms with Gasteiger partial charge < -0.3 is 23.8 Å². The number of carbonyl (C=O) groups excluding carboxylic acids is 1. The Hall–Kier alpha value is -4.87. The fraction of sp³-hybridized carbons (Fsp3) is 0.256. The van der Waals surface area contributed by atoms with Crippen LogP contribution >= 0.6 is 27.3 Å². The summed E-state index contributed by atoms with van der Waals surface area (Å²) in [6.07, 6.45) is 1.80. The molecule has 6 rings (SSSR count). The van der Waals surface area contributed by atoms with Gasteiger partial charge in [0, 0.05) is 18.7 Å². The summed E-state index contributed by atoms with van der Waals surface area (Å²) >= 11 is 4.94. The summed E-state index contributed by atoms with van der Waals surface area (Å²) in [6.45, 7) is 7.04. The van der Waals surface area contributed by atoms with Crippen LogP contribution in [0, 0.1) is 0 Å². The lowest BCUT2D eigenvalue weighted by Gasteiger charge is -2.30. The zero-order valence-corrected chi connectivity index (χ0v) is 31.2. The molecule has 0 saturated heterocycles. The van der Waals surface area contributed by atoms with Crippen molar-refractivity contribution in [3.05, 3.63) is 125 Å². The molecule has 0 saturated carbocycles. The second-order valence-electron chi connectivity index (χ2n) is 11.6. The number of aromatic nitrogens is 1. The molecule has 0 unspecified atom stereocenters. The Morgan fingerprint density at radius 2 is 1.70 bits per heavy atom. The van der Waals surface area contributed by atoms with E-state index in [0.717, 1.165) is 21.9 Å². The molecule has 0 aliphatic carbocycles. The monoisotopic (exact) mass is 755 g/mol. The number of carbonyl (C=O) groups is 1. The van der Waals surface area contributed by atoms with E-state index in [2.05, 4.69) is 34.1 Å². The topological polar surface area (TPSA) is 91.6 Å². The lowest BCUT2D eigenvalue weighted by atomic mass is 9.93. The zero-order chi connectivity index (χ0) is 35.5. The molecule has 1 amide bonds. The van der Waals surface area contributed by atoms with E-state index in [4.69, 9.17) is 23.9 Å². The predicted molar refractivity (Wildman–Crippen MR) is 200 cm³/mol. The summed E-state index contributed by atoms with van der Waals surface area (Å²) in [6, 6.07) is 22.7. The van der Waals surface area contributed by atoms with Gasteiger partial charge in [0.05, 0.1) is 41.6 Å². The molecule has 258 valence electrons. The molecule has 1 aliphatic heterocycles. The molecule has 0 spiro atoms. The molecule has 0 N–H and O–H groups in total. The number of amides is 1. The Morgan fingerprint density at radius 3 is 2.42 bits per heavy atom. The molecule has 1 aromatic heterocycles. The molecule has 11 heteroatoms. The molecule has 0 fully saturated rings. The van der Waals surface area contributed by atoms with Gasteiger partial charge in [-0.15, -0.1) is 0 Å². The number of ether oxygens (including phenoxy) is 4. The summed E-state index contributed by atoms with van der Waals surface area (Å²) in [5, 5.41) is 2.27. The van der Waals surface area contributed by atoms with Crippen LogP contribution in [-0.2, 0) is 11.4 Å². The fourth-order valence-electron chi connectivity index (χ4n) is 6.31. The highest BCUT2D eigenvalue weighted by molar-refractivity contribution is 9.10. The van der Waals surface area contributed by atoms with Crippen molar-refractivity contribution in [2.75, 3.05) is 34.4 Å². The first-order valence-corrected chi connectivity index (χ1v) is 17.8. The van der Waals surface area contributed by atoms with Gasteiger partial charge in [-0.3, -0.25) is 14.2 Å². The molecule has 1 atom stereocenters. The maximum atomic E-state index is 14.4. The smallest absolute Gasteiger partial charge is 0.271 e. The Bertz CT molecular complexity index is 2300. The van der Waals surface area contributed by atoms with Crippen LogP contribution in [0.2, 0.25) is 0 Å². The van der Waals surface area contributed by atoms with Crippen molar-refractivity contribution in [1.82, 2.24) is 9.47 Å². The molecule has 9 nitrogen and oxygen atoms in total. The summed E-state index contributed by atoms with van der Waals surface area (Å²) < 4.78 is 26.1. The summed E-state index contributed by atoms with van der Waals surface area (Å²) in [7, 11) is 4.73. The van der Waals surface area contributed by atoms with Crippen molar-refractivity contribution in [2.45, 2.75) is 33.4 Å². The molecule has 0 radical (unpaired) electrons. The predicted octanol–water partition coefficient (Wildman–Crippen LogP) is 6.62. The standard InChI is InChI=1S/C39H38BrN3O6S/c1-7-42(8-2)38(45)34-23(3)41-39-43(35(34)29-21-27(46-4)16-17-31(29)47-5)37(44)33(50-39)20-24-18-30(40)36(32(19-24)48-6)49-22-26-14-11-13-25-12-9-10-15-28(25)26/h9-21,35H,7-8,22H2,1-6H3/b33-20+/t35-/m0/s1. The van der Waals surface area contributed by atoms with Crippen molar-refractivity contribution in [3.8, 4) is 23.0 Å². The van der Waals surface area contributed by atoms with Crippen molar-refractivity contribution >= 4 is 50.0 Å². The fourth-order valence-corrected chi connectivity index (χ4v) is 7.93. The number of allylic oxidation sites excluding steroid dienone is 1. The highest BCUT2D eigenvalue weighted by Crippen LogP contribution is 2.39. The average Bonchev–Trinajstić information content (AvgIpc) is 3.43. The maximum absolute atomic E-state index is 14.4. The number of nitrogens with zero attached hydrogens (tertiary/aromatic N) is 3. The number of fused-ring (bicyclic) bond motifs is 2. The lowest BCUT2D eigenvalue weighted by molar-refractivity contribution is -0.127. The number of halogens is 1. The van der Waals surface area contributed by atoms with Crippen LogP contribution in [0.3, 0.4) is 0 Å². The van der Waals surface area contributed by atoms with E-state index < -0.39 is 6.04 Å². The number of benzene rings is 4. The van der Waals surface area contributed by atoms with Gasteiger partial charge in [-0.1, -0.05) is 53.8 Å². The Kier molecular flexibility index (Phi) is 10.4. The summed E-state index contributed by atoms with van der Waals surface area (Å²) in [5.41, 5.74) is 3.08. The third kappa shape index (κ3) is 6.55. The highest BCUT2D eigenvalue weighted by atomic mass is 79.9. The third-order valence-electron chi connectivity index (χ3n) is 8.84. The van der Waals surface area contributed by atoms with Gasteiger partial charge in [0.15, 0.2) is 16.3 Å². The second-order valence-corrected chi connectivity index (χ2v) is 13.5. The minimum Gasteiger partial charge on any atom is -0.497 e. The van der Waals surface area contributed by atoms with Gasteiger partial charge >= 0.3 is 0 Å².